The second kappa shape index (κ2) is 7.42. The third kappa shape index (κ3) is 3.95. The molecule has 0 fully saturated rings. The highest BCUT2D eigenvalue weighted by atomic mass is 32.2. The fourth-order valence-corrected chi connectivity index (χ4v) is 2.82. The Morgan fingerprint density at radius 3 is 3.05 bits per heavy atom. The van der Waals surface area contributed by atoms with Crippen molar-refractivity contribution in [3.63, 3.8) is 0 Å². The predicted octanol–water partition coefficient (Wildman–Crippen LogP) is 1.12. The van der Waals surface area contributed by atoms with E-state index in [0.29, 0.717) is 12.1 Å². The number of pyridine rings is 1. The van der Waals surface area contributed by atoms with Gasteiger partial charge in [0.1, 0.15) is 0 Å². The van der Waals surface area contributed by atoms with Crippen molar-refractivity contribution in [2.75, 3.05) is 24.7 Å². The first-order valence-corrected chi connectivity index (χ1v) is 8.05. The summed E-state index contributed by atoms with van der Waals surface area (Å²) in [6.45, 7) is 2.73. The molecule has 2 aromatic rings. The van der Waals surface area contributed by atoms with Gasteiger partial charge in [-0.05, 0) is 25.2 Å². The van der Waals surface area contributed by atoms with E-state index in [1.54, 1.807) is 22.6 Å². The molecule has 0 aliphatic carbocycles. The summed E-state index contributed by atoms with van der Waals surface area (Å²) >= 11 is 1.72. The second-order valence-electron chi connectivity index (χ2n) is 4.75. The zero-order valence-electron chi connectivity index (χ0n) is 12.3. The van der Waals surface area contributed by atoms with Gasteiger partial charge in [-0.2, -0.15) is 16.9 Å². The Hall–Kier alpha value is -1.60. The van der Waals surface area contributed by atoms with Gasteiger partial charge >= 0.3 is 0 Å². The number of thioether (sulfide) groups is 1. The van der Waals surface area contributed by atoms with Crippen molar-refractivity contribution in [3.8, 4) is 0 Å². The Morgan fingerprint density at radius 1 is 1.48 bits per heavy atom. The van der Waals surface area contributed by atoms with Gasteiger partial charge < -0.3 is 10.4 Å². The zero-order chi connectivity index (χ0) is 15.2. The molecular weight excluding hydrogens is 288 g/mol. The van der Waals surface area contributed by atoms with Crippen LogP contribution in [0.3, 0.4) is 0 Å². The number of hydrogen-bond donors (Lipinski definition) is 2. The highest BCUT2D eigenvalue weighted by Gasteiger charge is 2.11. The van der Waals surface area contributed by atoms with Crippen molar-refractivity contribution in [2.24, 2.45) is 7.05 Å². The van der Waals surface area contributed by atoms with Gasteiger partial charge in [0, 0.05) is 37.5 Å². The molecule has 114 valence electrons. The molecule has 0 unspecified atom stereocenters. The number of amides is 1. The lowest BCUT2D eigenvalue weighted by atomic mass is 10.2. The molecule has 2 N–H and O–H groups in total. The molecule has 0 radical (unpaired) electrons. The minimum Gasteiger partial charge on any atom is -0.396 e. The van der Waals surface area contributed by atoms with E-state index >= 15 is 0 Å². The highest BCUT2D eigenvalue weighted by Crippen LogP contribution is 2.16. The number of nitrogens with zero attached hydrogens (tertiary/aromatic N) is 3. The maximum atomic E-state index is 12.1. The van der Waals surface area contributed by atoms with Crippen LogP contribution in [0.4, 0.5) is 0 Å². The van der Waals surface area contributed by atoms with Gasteiger partial charge in [-0.15, -0.1) is 0 Å². The monoisotopic (exact) mass is 308 g/mol. The molecule has 0 bridgehead atoms. The first kappa shape index (κ1) is 15.8. The summed E-state index contributed by atoms with van der Waals surface area (Å²) in [5.74, 6) is 1.64. The minimum absolute atomic E-state index is 0.115. The van der Waals surface area contributed by atoms with Crippen LogP contribution in [0.5, 0.6) is 0 Å². The number of carbonyl (C=O) groups is 1. The third-order valence-corrected chi connectivity index (χ3v) is 4.17. The topological polar surface area (TPSA) is 80.0 Å². The average molecular weight is 308 g/mol. The van der Waals surface area contributed by atoms with E-state index in [1.807, 2.05) is 20.0 Å². The van der Waals surface area contributed by atoms with Gasteiger partial charge in [-0.25, -0.2) is 4.98 Å². The smallest absolute Gasteiger partial charge is 0.252 e. The van der Waals surface area contributed by atoms with Crippen LogP contribution >= 0.6 is 11.8 Å². The Morgan fingerprint density at radius 2 is 2.29 bits per heavy atom. The molecule has 0 spiro atoms. The molecule has 0 saturated heterocycles. The third-order valence-electron chi connectivity index (χ3n) is 3.10. The number of aromatic nitrogens is 3. The number of hydrogen-bond acceptors (Lipinski definition) is 5. The van der Waals surface area contributed by atoms with E-state index in [2.05, 4.69) is 15.4 Å². The molecule has 2 heterocycles. The molecule has 2 rings (SSSR count). The number of aliphatic hydroxyl groups is 1. The molecule has 6 nitrogen and oxygen atoms in total. The van der Waals surface area contributed by atoms with Crippen LogP contribution in [-0.2, 0) is 7.05 Å². The molecule has 21 heavy (non-hydrogen) atoms. The Kier molecular flexibility index (Phi) is 5.58. The lowest BCUT2D eigenvalue weighted by Crippen LogP contribution is -2.26. The van der Waals surface area contributed by atoms with Gasteiger partial charge in [-0.1, -0.05) is 0 Å². The maximum absolute atomic E-state index is 12.1. The number of carbonyl (C=O) groups excluding carboxylic acids is 1. The fraction of sp³-hybridized carbons (Fsp3) is 0.500. The minimum atomic E-state index is -0.115. The van der Waals surface area contributed by atoms with Crippen molar-refractivity contribution >= 4 is 28.7 Å². The fourth-order valence-electron chi connectivity index (χ4n) is 2.04. The summed E-state index contributed by atoms with van der Waals surface area (Å²) in [6, 6.07) is 1.83. The van der Waals surface area contributed by atoms with E-state index in [-0.39, 0.29) is 12.5 Å². The summed E-state index contributed by atoms with van der Waals surface area (Å²) in [5, 5.41) is 16.7. The normalized spacial score (nSPS) is 11.0. The molecule has 1 amide bonds. The van der Waals surface area contributed by atoms with E-state index in [4.69, 9.17) is 5.11 Å². The molecule has 0 aliphatic heterocycles. The van der Waals surface area contributed by atoms with Crippen LogP contribution in [0.2, 0.25) is 0 Å². The molecule has 0 atom stereocenters. The Bertz CT molecular complexity index is 627. The maximum Gasteiger partial charge on any atom is 0.252 e. The predicted molar refractivity (Wildman–Crippen MR) is 84.6 cm³/mol. The largest absolute Gasteiger partial charge is 0.396 e. The molecule has 2 aromatic heterocycles. The van der Waals surface area contributed by atoms with Gasteiger partial charge in [0.15, 0.2) is 5.65 Å². The zero-order valence-corrected chi connectivity index (χ0v) is 13.1. The second-order valence-corrected chi connectivity index (χ2v) is 5.97. The van der Waals surface area contributed by atoms with Crippen LogP contribution in [0.15, 0.2) is 12.3 Å². The average Bonchev–Trinajstić information content (AvgIpc) is 2.77. The van der Waals surface area contributed by atoms with E-state index in [1.165, 1.54) is 0 Å². The van der Waals surface area contributed by atoms with Crippen molar-refractivity contribution in [1.82, 2.24) is 20.1 Å². The number of aryl methyl sites for hydroxylation is 2. The van der Waals surface area contributed by atoms with Crippen molar-refractivity contribution in [2.45, 2.75) is 13.3 Å². The molecule has 7 heteroatoms. The van der Waals surface area contributed by atoms with Gasteiger partial charge in [0.05, 0.1) is 11.3 Å². The summed E-state index contributed by atoms with van der Waals surface area (Å²) in [7, 11) is 1.84. The lowest BCUT2D eigenvalue weighted by Gasteiger charge is -2.05. The molecule has 0 aromatic carbocycles. The standard InChI is InChI=1S/C14H20N4O2S/c1-10-12-8-11(9-16-13(12)18(2)17-10)14(20)15-4-7-21-6-3-5-19/h8-9,19H,3-7H2,1-2H3,(H,15,20). The van der Waals surface area contributed by atoms with Crippen molar-refractivity contribution in [3.05, 3.63) is 23.5 Å². The van der Waals surface area contributed by atoms with E-state index < -0.39 is 0 Å². The van der Waals surface area contributed by atoms with E-state index in [0.717, 1.165) is 34.7 Å². The number of rotatable bonds is 7. The molecular formula is C14H20N4O2S. The summed E-state index contributed by atoms with van der Waals surface area (Å²) in [6.07, 6.45) is 2.37. The summed E-state index contributed by atoms with van der Waals surface area (Å²) < 4.78 is 1.71. The summed E-state index contributed by atoms with van der Waals surface area (Å²) in [5.41, 5.74) is 2.21. The van der Waals surface area contributed by atoms with Gasteiger partial charge in [-0.3, -0.25) is 9.48 Å². The summed E-state index contributed by atoms with van der Waals surface area (Å²) in [4.78, 5) is 16.4. The molecule has 0 saturated carbocycles. The first-order valence-electron chi connectivity index (χ1n) is 6.89. The van der Waals surface area contributed by atoms with Crippen LogP contribution in [-0.4, -0.2) is 50.4 Å². The quantitative estimate of drug-likeness (QED) is 0.749. The van der Waals surface area contributed by atoms with Crippen molar-refractivity contribution in [1.29, 1.82) is 0 Å². The molecule has 0 aliphatic rings. The lowest BCUT2D eigenvalue weighted by molar-refractivity contribution is 0.0956. The first-order chi connectivity index (χ1) is 10.1. The van der Waals surface area contributed by atoms with Gasteiger partial charge in [0.2, 0.25) is 0 Å². The number of fused-ring (bicyclic) bond motifs is 1. The Balaban J connectivity index is 1.92. The Labute approximate surface area is 127 Å². The van der Waals surface area contributed by atoms with Crippen LogP contribution < -0.4 is 5.32 Å². The SMILES string of the molecule is Cc1nn(C)c2ncc(C(=O)NCCSCCCO)cc12. The van der Waals surface area contributed by atoms with Crippen LogP contribution in [0.1, 0.15) is 22.5 Å². The van der Waals surface area contributed by atoms with Crippen molar-refractivity contribution < 1.29 is 9.90 Å². The van der Waals surface area contributed by atoms with E-state index in [9.17, 15) is 4.79 Å². The highest BCUT2D eigenvalue weighted by molar-refractivity contribution is 7.99. The van der Waals surface area contributed by atoms with Crippen LogP contribution in [0.25, 0.3) is 11.0 Å². The van der Waals surface area contributed by atoms with Gasteiger partial charge in [0.25, 0.3) is 5.91 Å². The number of aliphatic hydroxyl groups excluding tert-OH is 1. The number of nitrogens with one attached hydrogen (secondary N) is 1. The van der Waals surface area contributed by atoms with Crippen LogP contribution in [0, 0.1) is 6.92 Å².